The van der Waals surface area contributed by atoms with Crippen LogP contribution in [0.2, 0.25) is 0 Å². The fraction of sp³-hybridized carbons (Fsp3) is 0.222. The van der Waals surface area contributed by atoms with E-state index < -0.39 is 5.60 Å². The molecule has 3 aromatic heterocycles. The number of nitrogens with two attached hydrogens (primary N) is 1. The van der Waals surface area contributed by atoms with E-state index in [0.29, 0.717) is 17.9 Å². The minimum Gasteiger partial charge on any atom is -0.369 e. The van der Waals surface area contributed by atoms with Crippen molar-refractivity contribution in [2.45, 2.75) is 12.0 Å². The molecule has 1 saturated heterocycles. The number of nitrogen functional groups attached to an aromatic ring is 1. The summed E-state index contributed by atoms with van der Waals surface area (Å²) in [5, 5.41) is 11.2. The smallest absolute Gasteiger partial charge is 0.267 e. The quantitative estimate of drug-likeness (QED) is 0.614. The van der Waals surface area contributed by atoms with Crippen molar-refractivity contribution < 1.29 is 9.90 Å². The Hall–Kier alpha value is -3.44. The maximum Gasteiger partial charge on any atom is 0.267 e. The normalized spacial score (nSPS) is 19.6. The zero-order valence-corrected chi connectivity index (χ0v) is 14.0. The third-order valence-electron chi connectivity index (χ3n) is 4.37. The fourth-order valence-electron chi connectivity index (χ4n) is 2.91. The standard InChI is InChI=1S/C18H16N6O2/c1-23-9-6-18(26,16(23)25)5-2-13-10-14(3-7-20-13)24-8-4-12-11-21-17(19)22-15(12)24/h3-4,7-8,10-11,26H,6,9H2,1H3,(H2,19,21,22)/t18-/m0/s1. The summed E-state index contributed by atoms with van der Waals surface area (Å²) in [4.78, 5) is 25.9. The van der Waals surface area contributed by atoms with Crippen molar-refractivity contribution in [3.05, 3.63) is 42.5 Å². The molecule has 0 aliphatic carbocycles. The van der Waals surface area contributed by atoms with E-state index in [0.717, 1.165) is 11.1 Å². The zero-order chi connectivity index (χ0) is 18.3. The summed E-state index contributed by atoms with van der Waals surface area (Å²) >= 11 is 0. The van der Waals surface area contributed by atoms with Gasteiger partial charge in [-0.15, -0.1) is 0 Å². The molecule has 8 heteroatoms. The van der Waals surface area contributed by atoms with Crippen LogP contribution in [0.4, 0.5) is 5.95 Å². The van der Waals surface area contributed by atoms with Gasteiger partial charge < -0.3 is 20.3 Å². The van der Waals surface area contributed by atoms with Crippen LogP contribution >= 0.6 is 0 Å². The minimum atomic E-state index is -1.64. The molecular formula is C18H16N6O2. The monoisotopic (exact) mass is 348 g/mol. The zero-order valence-electron chi connectivity index (χ0n) is 14.0. The predicted octanol–water partition coefficient (Wildman–Crippen LogP) is 0.342. The van der Waals surface area contributed by atoms with E-state index in [1.807, 2.05) is 22.9 Å². The summed E-state index contributed by atoms with van der Waals surface area (Å²) in [6.07, 6.45) is 5.41. The third-order valence-corrected chi connectivity index (χ3v) is 4.37. The van der Waals surface area contributed by atoms with Crippen LogP contribution in [0.15, 0.2) is 36.8 Å². The van der Waals surface area contributed by atoms with Crippen LogP contribution in [0, 0.1) is 11.8 Å². The van der Waals surface area contributed by atoms with Crippen LogP contribution in [-0.4, -0.2) is 54.6 Å². The molecule has 130 valence electrons. The number of carbonyl (C=O) groups excluding carboxylic acids is 1. The Labute approximate surface area is 149 Å². The molecule has 4 rings (SSSR count). The summed E-state index contributed by atoms with van der Waals surface area (Å²) in [5.74, 6) is 5.29. The molecule has 1 aliphatic heterocycles. The van der Waals surface area contributed by atoms with Gasteiger partial charge in [0.05, 0.1) is 5.69 Å². The highest BCUT2D eigenvalue weighted by atomic mass is 16.3. The number of carbonyl (C=O) groups is 1. The number of anilines is 1. The SMILES string of the molecule is CN1CC[C@@](O)(C#Cc2cc(-n3ccc4cnc(N)nc43)ccn2)C1=O. The van der Waals surface area contributed by atoms with Crippen molar-refractivity contribution in [2.75, 3.05) is 19.3 Å². The molecule has 0 bridgehead atoms. The Morgan fingerprint density at radius 2 is 2.19 bits per heavy atom. The second kappa shape index (κ2) is 5.82. The number of pyridine rings is 1. The van der Waals surface area contributed by atoms with Gasteiger partial charge in [0.2, 0.25) is 11.5 Å². The molecule has 0 unspecified atom stereocenters. The van der Waals surface area contributed by atoms with Gasteiger partial charge in [0, 0.05) is 44.0 Å². The number of hydrogen-bond donors (Lipinski definition) is 2. The predicted molar refractivity (Wildman–Crippen MR) is 95.2 cm³/mol. The van der Waals surface area contributed by atoms with Gasteiger partial charge in [-0.1, -0.05) is 5.92 Å². The summed E-state index contributed by atoms with van der Waals surface area (Å²) in [6.45, 7) is 0.480. The molecule has 3 aromatic rings. The van der Waals surface area contributed by atoms with Gasteiger partial charge in [-0.2, -0.15) is 4.98 Å². The van der Waals surface area contributed by atoms with E-state index in [4.69, 9.17) is 5.73 Å². The molecule has 3 N–H and O–H groups in total. The lowest BCUT2D eigenvalue weighted by Gasteiger charge is -2.13. The highest BCUT2D eigenvalue weighted by Gasteiger charge is 2.42. The molecule has 0 aromatic carbocycles. The van der Waals surface area contributed by atoms with Crippen molar-refractivity contribution >= 4 is 22.9 Å². The second-order valence-electron chi connectivity index (χ2n) is 6.18. The van der Waals surface area contributed by atoms with Crippen LogP contribution in [0.1, 0.15) is 12.1 Å². The first kappa shape index (κ1) is 16.1. The van der Waals surface area contributed by atoms with Crippen LogP contribution in [-0.2, 0) is 4.79 Å². The number of likely N-dealkylation sites (N-methyl/N-ethyl adjacent to an activating group) is 1. The highest BCUT2D eigenvalue weighted by Crippen LogP contribution is 2.21. The number of fused-ring (bicyclic) bond motifs is 1. The molecule has 8 nitrogen and oxygen atoms in total. The summed E-state index contributed by atoms with van der Waals surface area (Å²) in [7, 11) is 1.64. The second-order valence-corrected chi connectivity index (χ2v) is 6.18. The molecule has 0 radical (unpaired) electrons. The first-order valence-electron chi connectivity index (χ1n) is 8.03. The van der Waals surface area contributed by atoms with Crippen LogP contribution in [0.3, 0.4) is 0 Å². The Bertz CT molecular complexity index is 1080. The largest absolute Gasteiger partial charge is 0.369 e. The Morgan fingerprint density at radius 3 is 2.96 bits per heavy atom. The van der Waals surface area contributed by atoms with Crippen LogP contribution in [0.5, 0.6) is 0 Å². The van der Waals surface area contributed by atoms with E-state index in [1.165, 1.54) is 4.90 Å². The molecule has 1 fully saturated rings. The average molecular weight is 348 g/mol. The van der Waals surface area contributed by atoms with Crippen LogP contribution < -0.4 is 5.73 Å². The average Bonchev–Trinajstić information content (AvgIpc) is 3.17. The van der Waals surface area contributed by atoms with Crippen molar-refractivity contribution in [2.24, 2.45) is 0 Å². The lowest BCUT2D eigenvalue weighted by molar-refractivity contribution is -0.137. The van der Waals surface area contributed by atoms with Gasteiger partial charge >= 0.3 is 0 Å². The van der Waals surface area contributed by atoms with Gasteiger partial charge in [-0.05, 0) is 24.1 Å². The molecule has 26 heavy (non-hydrogen) atoms. The molecule has 4 heterocycles. The number of amides is 1. The van der Waals surface area contributed by atoms with E-state index in [2.05, 4.69) is 26.8 Å². The van der Waals surface area contributed by atoms with E-state index in [1.54, 1.807) is 25.5 Å². The third kappa shape index (κ3) is 2.64. The number of likely N-dealkylation sites (tertiary alicyclic amines) is 1. The highest BCUT2D eigenvalue weighted by molar-refractivity contribution is 5.90. The van der Waals surface area contributed by atoms with Gasteiger partial charge in [0.15, 0.2) is 0 Å². The van der Waals surface area contributed by atoms with Gasteiger partial charge in [0.1, 0.15) is 11.3 Å². The topological polar surface area (TPSA) is 110 Å². The lowest BCUT2D eigenvalue weighted by atomic mass is 10.0. The maximum atomic E-state index is 12.0. The van der Waals surface area contributed by atoms with Gasteiger partial charge in [0.25, 0.3) is 5.91 Å². The number of aromatic nitrogens is 4. The summed E-state index contributed by atoms with van der Waals surface area (Å²) in [6, 6.07) is 5.46. The lowest BCUT2D eigenvalue weighted by Crippen LogP contribution is -2.37. The van der Waals surface area contributed by atoms with E-state index >= 15 is 0 Å². The number of rotatable bonds is 1. The van der Waals surface area contributed by atoms with Crippen molar-refractivity contribution in [1.82, 2.24) is 24.4 Å². The van der Waals surface area contributed by atoms with E-state index in [9.17, 15) is 9.90 Å². The Morgan fingerprint density at radius 1 is 1.35 bits per heavy atom. The number of aliphatic hydroxyl groups is 1. The summed E-state index contributed by atoms with van der Waals surface area (Å²) < 4.78 is 1.85. The van der Waals surface area contributed by atoms with Crippen molar-refractivity contribution in [3.63, 3.8) is 0 Å². The minimum absolute atomic E-state index is 0.192. The van der Waals surface area contributed by atoms with Crippen LogP contribution in [0.25, 0.3) is 16.7 Å². The maximum absolute atomic E-state index is 12.0. The number of hydrogen-bond acceptors (Lipinski definition) is 6. The Kier molecular flexibility index (Phi) is 3.60. The van der Waals surface area contributed by atoms with Gasteiger partial charge in [-0.25, -0.2) is 9.97 Å². The van der Waals surface area contributed by atoms with Crippen molar-refractivity contribution in [1.29, 1.82) is 0 Å². The summed E-state index contributed by atoms with van der Waals surface area (Å²) in [5.41, 5.74) is 5.95. The number of nitrogens with zero attached hydrogens (tertiary/aromatic N) is 5. The molecule has 1 atom stereocenters. The van der Waals surface area contributed by atoms with E-state index in [-0.39, 0.29) is 18.3 Å². The first-order chi connectivity index (χ1) is 12.5. The molecular weight excluding hydrogens is 332 g/mol. The van der Waals surface area contributed by atoms with Crippen molar-refractivity contribution in [3.8, 4) is 17.5 Å². The molecule has 0 spiro atoms. The van der Waals surface area contributed by atoms with Gasteiger partial charge in [-0.3, -0.25) is 4.79 Å². The fourth-order valence-corrected chi connectivity index (χ4v) is 2.91. The molecule has 0 saturated carbocycles. The molecule has 1 aliphatic rings. The molecule has 1 amide bonds. The first-order valence-corrected chi connectivity index (χ1v) is 8.03. The Balaban J connectivity index is 1.71.